The Bertz CT molecular complexity index is 691. The number of benzene rings is 1. The van der Waals surface area contributed by atoms with Crippen LogP contribution in [0.15, 0.2) is 28.7 Å². The van der Waals surface area contributed by atoms with Gasteiger partial charge < -0.3 is 14.8 Å². The first-order chi connectivity index (χ1) is 10.1. The molecular weight excluding hydrogens is 358 g/mol. The van der Waals surface area contributed by atoms with Gasteiger partial charge in [-0.25, -0.2) is 4.98 Å². The molecule has 0 radical (unpaired) electrons. The first-order valence-electron chi connectivity index (χ1n) is 5.84. The predicted molar refractivity (Wildman–Crippen MR) is 84.5 cm³/mol. The van der Waals surface area contributed by atoms with Crippen LogP contribution in [0.5, 0.6) is 11.5 Å². The van der Waals surface area contributed by atoms with E-state index in [-0.39, 0.29) is 5.69 Å². The van der Waals surface area contributed by atoms with Crippen LogP contribution < -0.4 is 14.8 Å². The van der Waals surface area contributed by atoms with E-state index in [0.717, 1.165) is 4.47 Å². The monoisotopic (exact) mass is 367 g/mol. The van der Waals surface area contributed by atoms with E-state index in [4.69, 9.17) is 26.3 Å². The second kappa shape index (κ2) is 6.66. The van der Waals surface area contributed by atoms with Gasteiger partial charge >= 0.3 is 0 Å². The molecule has 0 spiro atoms. The Morgan fingerprint density at radius 2 is 1.86 bits per heavy atom. The number of nitrogens with zero attached hydrogens (tertiary/aromatic N) is 2. The Morgan fingerprint density at radius 1 is 1.24 bits per heavy atom. The van der Waals surface area contributed by atoms with Crippen molar-refractivity contribution in [2.45, 2.75) is 0 Å². The number of ether oxygens (including phenoxy) is 2. The van der Waals surface area contributed by atoms with Gasteiger partial charge in [-0.15, -0.1) is 0 Å². The minimum absolute atomic E-state index is 0.165. The van der Waals surface area contributed by atoms with E-state index in [1.807, 2.05) is 6.07 Å². The molecular formula is C14H11BrClN3O2. The Hall–Kier alpha value is -1.97. The molecule has 0 aliphatic carbocycles. The van der Waals surface area contributed by atoms with E-state index in [9.17, 15) is 0 Å². The summed E-state index contributed by atoms with van der Waals surface area (Å²) in [6.07, 6.45) is 0. The van der Waals surface area contributed by atoms with Gasteiger partial charge in [0.05, 0.1) is 19.2 Å². The summed E-state index contributed by atoms with van der Waals surface area (Å²) < 4.78 is 11.3. The average Bonchev–Trinajstić information content (AvgIpc) is 2.50. The zero-order chi connectivity index (χ0) is 15.4. The molecule has 0 saturated carbocycles. The standard InChI is InChI=1S/C14H11BrClN3O2/c1-20-11-5-8(6-12(21-2)14(11)15)18-13-4-3-9(16)10(7-17)19-13/h3-6H,1-2H3,(H,18,19). The SMILES string of the molecule is COc1cc(Nc2ccc(Cl)c(C#N)n2)cc(OC)c1Br. The molecule has 0 atom stereocenters. The first-order valence-corrected chi connectivity index (χ1v) is 7.01. The fourth-order valence-corrected chi connectivity index (χ4v) is 2.38. The third-order valence-corrected chi connectivity index (χ3v) is 3.76. The number of pyridine rings is 1. The van der Waals surface area contributed by atoms with Gasteiger partial charge in [0.15, 0.2) is 5.69 Å². The van der Waals surface area contributed by atoms with Gasteiger partial charge in [-0.2, -0.15) is 5.26 Å². The van der Waals surface area contributed by atoms with Crippen molar-refractivity contribution in [2.75, 3.05) is 19.5 Å². The number of nitrogens with one attached hydrogen (secondary N) is 1. The highest BCUT2D eigenvalue weighted by atomic mass is 79.9. The number of methoxy groups -OCH3 is 2. The smallest absolute Gasteiger partial charge is 0.161 e. The van der Waals surface area contributed by atoms with Gasteiger partial charge in [0.2, 0.25) is 0 Å². The Labute approximate surface area is 135 Å². The van der Waals surface area contributed by atoms with Gasteiger partial charge in [-0.3, -0.25) is 0 Å². The second-order valence-electron chi connectivity index (χ2n) is 3.96. The highest BCUT2D eigenvalue weighted by molar-refractivity contribution is 9.10. The van der Waals surface area contributed by atoms with Crippen molar-refractivity contribution in [3.8, 4) is 17.6 Å². The van der Waals surface area contributed by atoms with Gasteiger partial charge in [-0.05, 0) is 28.1 Å². The van der Waals surface area contributed by atoms with Crippen LogP contribution in [0.2, 0.25) is 5.02 Å². The quantitative estimate of drug-likeness (QED) is 0.879. The van der Waals surface area contributed by atoms with Crippen LogP contribution in [0.3, 0.4) is 0 Å². The van der Waals surface area contributed by atoms with Gasteiger partial charge in [0.25, 0.3) is 0 Å². The van der Waals surface area contributed by atoms with E-state index >= 15 is 0 Å². The zero-order valence-corrected chi connectivity index (χ0v) is 13.6. The van der Waals surface area contributed by atoms with Gasteiger partial charge in [0, 0.05) is 17.8 Å². The molecule has 1 heterocycles. The van der Waals surface area contributed by atoms with Crippen LogP contribution in [0.1, 0.15) is 5.69 Å². The van der Waals surface area contributed by atoms with Gasteiger partial charge in [-0.1, -0.05) is 11.6 Å². The Balaban J connectivity index is 2.38. The fraction of sp³-hybridized carbons (Fsp3) is 0.143. The molecule has 108 valence electrons. The Morgan fingerprint density at radius 3 is 2.38 bits per heavy atom. The number of anilines is 2. The third kappa shape index (κ3) is 3.38. The molecule has 1 aromatic carbocycles. The van der Waals surface area contributed by atoms with Crippen LogP contribution in [-0.4, -0.2) is 19.2 Å². The van der Waals surface area contributed by atoms with E-state index in [0.29, 0.717) is 28.0 Å². The Kier molecular flexibility index (Phi) is 4.89. The lowest BCUT2D eigenvalue weighted by Crippen LogP contribution is -1.98. The summed E-state index contributed by atoms with van der Waals surface area (Å²) in [5, 5.41) is 12.3. The van der Waals surface area contributed by atoms with E-state index in [2.05, 4.69) is 26.2 Å². The highest BCUT2D eigenvalue weighted by Gasteiger charge is 2.11. The lowest BCUT2D eigenvalue weighted by Gasteiger charge is -2.13. The topological polar surface area (TPSA) is 67.2 Å². The lowest BCUT2D eigenvalue weighted by atomic mass is 10.2. The molecule has 1 aromatic heterocycles. The van der Waals surface area contributed by atoms with Crippen LogP contribution >= 0.6 is 27.5 Å². The molecule has 0 saturated heterocycles. The normalized spacial score (nSPS) is 9.86. The minimum atomic E-state index is 0.165. The maximum Gasteiger partial charge on any atom is 0.161 e. The average molecular weight is 369 g/mol. The van der Waals surface area contributed by atoms with Crippen LogP contribution in [0.25, 0.3) is 0 Å². The van der Waals surface area contributed by atoms with E-state index in [1.54, 1.807) is 38.5 Å². The molecule has 2 rings (SSSR count). The summed E-state index contributed by atoms with van der Waals surface area (Å²) in [6.45, 7) is 0. The summed E-state index contributed by atoms with van der Waals surface area (Å²) in [4.78, 5) is 4.12. The molecule has 2 aromatic rings. The minimum Gasteiger partial charge on any atom is -0.495 e. The second-order valence-corrected chi connectivity index (χ2v) is 5.16. The van der Waals surface area contributed by atoms with Gasteiger partial charge in [0.1, 0.15) is 27.9 Å². The maximum absolute atomic E-state index is 8.94. The van der Waals surface area contributed by atoms with Crippen molar-refractivity contribution in [3.05, 3.63) is 39.5 Å². The number of rotatable bonds is 4. The molecule has 0 aliphatic heterocycles. The molecule has 5 nitrogen and oxygen atoms in total. The van der Waals surface area contributed by atoms with Crippen molar-refractivity contribution < 1.29 is 9.47 Å². The van der Waals surface area contributed by atoms with Crippen LogP contribution in [0, 0.1) is 11.3 Å². The van der Waals surface area contributed by atoms with Crippen molar-refractivity contribution in [2.24, 2.45) is 0 Å². The molecule has 0 amide bonds. The van der Waals surface area contributed by atoms with E-state index in [1.165, 1.54) is 0 Å². The van der Waals surface area contributed by atoms with Crippen LogP contribution in [-0.2, 0) is 0 Å². The molecule has 0 fully saturated rings. The van der Waals surface area contributed by atoms with E-state index < -0.39 is 0 Å². The van der Waals surface area contributed by atoms with Crippen molar-refractivity contribution in [3.63, 3.8) is 0 Å². The zero-order valence-electron chi connectivity index (χ0n) is 11.3. The van der Waals surface area contributed by atoms with Crippen LogP contribution in [0.4, 0.5) is 11.5 Å². The molecule has 0 bridgehead atoms. The summed E-state index contributed by atoms with van der Waals surface area (Å²) in [6, 6.07) is 8.81. The molecule has 0 aliphatic rings. The predicted octanol–water partition coefficient (Wildman–Crippen LogP) is 4.13. The number of nitriles is 1. The molecule has 0 unspecified atom stereocenters. The summed E-state index contributed by atoms with van der Waals surface area (Å²) in [5.41, 5.74) is 0.878. The number of hydrogen-bond donors (Lipinski definition) is 1. The summed E-state index contributed by atoms with van der Waals surface area (Å²) in [5.74, 6) is 1.74. The van der Waals surface area contributed by atoms with Crippen molar-refractivity contribution in [1.82, 2.24) is 4.98 Å². The third-order valence-electron chi connectivity index (χ3n) is 2.67. The molecule has 21 heavy (non-hydrogen) atoms. The lowest BCUT2D eigenvalue weighted by molar-refractivity contribution is 0.390. The molecule has 1 N–H and O–H groups in total. The number of halogens is 2. The maximum atomic E-state index is 8.94. The molecule has 7 heteroatoms. The fourth-order valence-electron chi connectivity index (χ4n) is 1.68. The number of aromatic nitrogens is 1. The van der Waals surface area contributed by atoms with Crippen molar-refractivity contribution >= 4 is 39.0 Å². The largest absolute Gasteiger partial charge is 0.495 e. The van der Waals surface area contributed by atoms with Crippen molar-refractivity contribution in [1.29, 1.82) is 5.26 Å². The number of hydrogen-bond acceptors (Lipinski definition) is 5. The summed E-state index contributed by atoms with van der Waals surface area (Å²) >= 11 is 9.26. The highest BCUT2D eigenvalue weighted by Crippen LogP contribution is 2.38. The first kappa shape index (κ1) is 15.4. The summed E-state index contributed by atoms with van der Waals surface area (Å²) in [7, 11) is 3.13.